The van der Waals surface area contributed by atoms with Gasteiger partial charge in [-0.05, 0) is 47.0 Å². The number of ketones is 1. The van der Waals surface area contributed by atoms with Crippen molar-refractivity contribution in [1.82, 2.24) is 0 Å². The van der Waals surface area contributed by atoms with Gasteiger partial charge in [0.2, 0.25) is 0 Å². The Labute approximate surface area is 344 Å². The SMILES string of the molecule is CO[C@@H]1[C@H](O[C@H]2[C@@H](C)[C@@H](O[C@@H]3O[C@H](C)C[C@H](O)[C@@H]3O)[C@@H](C)C(=O)O[C@@H]([C@H](C)[C@H](C)O)[C@@H](C)[C@@H](OC(C)=O)[C@@H](C)C(=O)[C@@](C)(OC)C[C@H]2C)O[C@H](C)[C@@H](OC(C)=O)[C@@H]1C. The number of cyclic esters (lactones) is 1. The highest BCUT2D eigenvalue weighted by Crippen LogP contribution is 2.41. The maximum Gasteiger partial charge on any atom is 0.311 e. The minimum absolute atomic E-state index is 0.0752. The van der Waals surface area contributed by atoms with Crippen molar-refractivity contribution in [3.63, 3.8) is 0 Å². The number of rotatable bonds is 10. The molecule has 3 aliphatic rings. The van der Waals surface area contributed by atoms with Crippen LogP contribution < -0.4 is 0 Å². The minimum atomic E-state index is -1.47. The van der Waals surface area contributed by atoms with Crippen LogP contribution in [0.3, 0.4) is 0 Å². The van der Waals surface area contributed by atoms with Crippen molar-refractivity contribution in [2.45, 2.75) is 188 Å². The Bertz CT molecular complexity index is 1380. The molecular formula is C42H72O16. The molecule has 16 nitrogen and oxygen atoms in total. The van der Waals surface area contributed by atoms with Crippen LogP contribution in [0.15, 0.2) is 0 Å². The molecule has 16 heteroatoms. The number of hydrogen-bond acceptors (Lipinski definition) is 16. The Balaban J connectivity index is 2.28. The summed E-state index contributed by atoms with van der Waals surface area (Å²) in [6.07, 6.45) is -12.4. The summed E-state index contributed by atoms with van der Waals surface area (Å²) in [7, 11) is 2.92. The molecule has 3 saturated heterocycles. The number of aliphatic hydroxyl groups is 3. The third-order valence-corrected chi connectivity index (χ3v) is 12.8. The molecule has 3 heterocycles. The molecule has 3 aliphatic heterocycles. The van der Waals surface area contributed by atoms with Crippen molar-refractivity contribution in [2.75, 3.05) is 14.2 Å². The summed E-state index contributed by atoms with van der Waals surface area (Å²) in [5, 5.41) is 32.7. The first-order valence-electron chi connectivity index (χ1n) is 20.7. The molecule has 3 fully saturated rings. The summed E-state index contributed by atoms with van der Waals surface area (Å²) in [6, 6.07) is 0. The molecular weight excluding hydrogens is 760 g/mol. The van der Waals surface area contributed by atoms with Crippen LogP contribution in [0.1, 0.15) is 103 Å². The number of esters is 3. The van der Waals surface area contributed by atoms with E-state index in [-0.39, 0.29) is 24.5 Å². The molecule has 0 radical (unpaired) electrons. The van der Waals surface area contributed by atoms with E-state index < -0.39 is 139 Å². The quantitative estimate of drug-likeness (QED) is 0.213. The predicted octanol–water partition coefficient (Wildman–Crippen LogP) is 3.36. The van der Waals surface area contributed by atoms with Crippen LogP contribution in [0.25, 0.3) is 0 Å². The van der Waals surface area contributed by atoms with E-state index >= 15 is 0 Å². The van der Waals surface area contributed by atoms with E-state index in [1.807, 2.05) is 13.8 Å². The zero-order valence-corrected chi connectivity index (χ0v) is 37.1. The molecule has 3 rings (SSSR count). The highest BCUT2D eigenvalue weighted by atomic mass is 16.7. The van der Waals surface area contributed by atoms with Crippen molar-refractivity contribution >= 4 is 23.7 Å². The van der Waals surface area contributed by atoms with E-state index in [4.69, 9.17) is 42.6 Å². The molecule has 336 valence electrons. The van der Waals surface area contributed by atoms with Crippen LogP contribution in [0.2, 0.25) is 0 Å². The van der Waals surface area contributed by atoms with Crippen molar-refractivity contribution in [3.8, 4) is 0 Å². The Kier molecular flexibility index (Phi) is 18.1. The maximum atomic E-state index is 14.7. The number of carbonyl (C=O) groups is 4. The van der Waals surface area contributed by atoms with E-state index in [1.54, 1.807) is 62.3 Å². The average molecular weight is 833 g/mol. The largest absolute Gasteiger partial charge is 0.461 e. The van der Waals surface area contributed by atoms with Gasteiger partial charge < -0.3 is 58.0 Å². The Morgan fingerprint density at radius 2 is 1.31 bits per heavy atom. The van der Waals surface area contributed by atoms with E-state index in [0.29, 0.717) is 0 Å². The number of ether oxygens (including phenoxy) is 9. The molecule has 0 aromatic rings. The van der Waals surface area contributed by atoms with E-state index in [0.717, 1.165) is 0 Å². The third kappa shape index (κ3) is 11.5. The van der Waals surface area contributed by atoms with Gasteiger partial charge in [-0.3, -0.25) is 19.2 Å². The zero-order valence-electron chi connectivity index (χ0n) is 37.1. The van der Waals surface area contributed by atoms with Crippen LogP contribution >= 0.6 is 0 Å². The lowest BCUT2D eigenvalue weighted by Crippen LogP contribution is -2.58. The fourth-order valence-corrected chi connectivity index (χ4v) is 9.20. The van der Waals surface area contributed by atoms with Gasteiger partial charge in [-0.2, -0.15) is 0 Å². The fraction of sp³-hybridized carbons (Fsp3) is 0.905. The first-order chi connectivity index (χ1) is 26.9. The van der Waals surface area contributed by atoms with Gasteiger partial charge in [-0.15, -0.1) is 0 Å². The number of carbonyl (C=O) groups excluding carboxylic acids is 4. The lowest BCUT2D eigenvalue weighted by atomic mass is 9.73. The molecule has 0 bridgehead atoms. The first-order valence-corrected chi connectivity index (χ1v) is 20.7. The van der Waals surface area contributed by atoms with Crippen molar-refractivity contribution in [3.05, 3.63) is 0 Å². The Hall–Kier alpha value is -2.28. The molecule has 0 aromatic heterocycles. The third-order valence-electron chi connectivity index (χ3n) is 12.8. The molecule has 0 spiro atoms. The summed E-state index contributed by atoms with van der Waals surface area (Å²) >= 11 is 0. The predicted molar refractivity (Wildman–Crippen MR) is 208 cm³/mol. The lowest BCUT2D eigenvalue weighted by Gasteiger charge is -2.47. The number of methoxy groups -OCH3 is 2. The summed E-state index contributed by atoms with van der Waals surface area (Å²) in [5.74, 6) is -7.45. The molecule has 0 aromatic carbocycles. The highest BCUT2D eigenvalue weighted by molar-refractivity contribution is 5.89. The van der Waals surface area contributed by atoms with Crippen LogP contribution in [0, 0.1) is 41.4 Å². The summed E-state index contributed by atoms with van der Waals surface area (Å²) in [5.41, 5.74) is -1.47. The van der Waals surface area contributed by atoms with Gasteiger partial charge in [0.1, 0.15) is 36.1 Å². The highest BCUT2D eigenvalue weighted by Gasteiger charge is 2.52. The van der Waals surface area contributed by atoms with Crippen LogP contribution in [0.4, 0.5) is 0 Å². The Morgan fingerprint density at radius 1 is 0.759 bits per heavy atom. The zero-order chi connectivity index (χ0) is 44.1. The minimum Gasteiger partial charge on any atom is -0.461 e. The standard InChI is InChI=1S/C42H72O16/c1-18-17-42(13,51-15)38(48)24(7)34(54-28(11)44)22(5)33(20(3)26(9)43)56-39(49)25(8)35(58-40-31(47)30(46)16-19(2)52-40)21(4)32(18)57-41-37(50-14)23(6)36(27(10)53-41)55-29(12)45/h18-27,30-37,40-41,43,46-47H,16-17H2,1-15H3/t18-,19-,20-,21-,22-,23+,24-,25-,26+,27-,30+,31+,32-,33+,34-,35-,36+,37+,40+,41+,42+/m1/s1. The molecule has 0 unspecified atom stereocenters. The van der Waals surface area contributed by atoms with Crippen LogP contribution in [-0.2, 0) is 61.8 Å². The first kappa shape index (κ1) is 50.1. The number of Topliss-reactive ketones (excluding diaryl/α,β-unsaturated/α-hetero) is 1. The molecule has 21 atom stereocenters. The van der Waals surface area contributed by atoms with Crippen molar-refractivity contribution in [2.24, 2.45) is 41.4 Å². The van der Waals surface area contributed by atoms with Gasteiger partial charge in [-0.1, -0.05) is 41.5 Å². The van der Waals surface area contributed by atoms with Crippen LogP contribution in [0.5, 0.6) is 0 Å². The summed E-state index contributed by atoms with van der Waals surface area (Å²) < 4.78 is 55.5. The molecule has 0 amide bonds. The van der Waals surface area contributed by atoms with E-state index in [2.05, 4.69) is 0 Å². The summed E-state index contributed by atoms with van der Waals surface area (Å²) in [4.78, 5) is 53.8. The van der Waals surface area contributed by atoms with Gasteiger partial charge >= 0.3 is 17.9 Å². The smallest absolute Gasteiger partial charge is 0.311 e. The topological polar surface area (TPSA) is 212 Å². The molecule has 3 N–H and O–H groups in total. The summed E-state index contributed by atoms with van der Waals surface area (Å²) in [6.45, 7) is 21.5. The molecule has 0 saturated carbocycles. The van der Waals surface area contributed by atoms with Crippen molar-refractivity contribution in [1.29, 1.82) is 0 Å². The van der Waals surface area contributed by atoms with Crippen molar-refractivity contribution < 1.29 is 77.1 Å². The van der Waals surface area contributed by atoms with Gasteiger partial charge in [0.05, 0.1) is 48.5 Å². The Morgan fingerprint density at radius 3 is 1.84 bits per heavy atom. The molecule has 0 aliphatic carbocycles. The monoisotopic (exact) mass is 832 g/mol. The van der Waals surface area contributed by atoms with E-state index in [9.17, 15) is 34.5 Å². The van der Waals surface area contributed by atoms with Gasteiger partial charge in [0.25, 0.3) is 0 Å². The number of hydrogen-bond donors (Lipinski definition) is 3. The van der Waals surface area contributed by atoms with E-state index in [1.165, 1.54) is 28.1 Å². The second-order valence-electron chi connectivity index (χ2n) is 17.5. The molecule has 58 heavy (non-hydrogen) atoms. The van der Waals surface area contributed by atoms with Gasteiger partial charge in [0.15, 0.2) is 18.4 Å². The second kappa shape index (κ2) is 21.0. The second-order valence-corrected chi connectivity index (χ2v) is 17.5. The van der Waals surface area contributed by atoms with Gasteiger partial charge in [0, 0.05) is 58.2 Å². The fourth-order valence-electron chi connectivity index (χ4n) is 9.20. The van der Waals surface area contributed by atoms with Gasteiger partial charge in [-0.25, -0.2) is 0 Å². The number of aliphatic hydroxyl groups excluding tert-OH is 3. The lowest BCUT2D eigenvalue weighted by molar-refractivity contribution is -0.319. The van der Waals surface area contributed by atoms with Crippen LogP contribution in [-0.4, -0.2) is 139 Å². The average Bonchev–Trinajstić information content (AvgIpc) is 3.14. The maximum absolute atomic E-state index is 14.7. The normalized spacial score (nSPS) is 44.7.